The first-order valence-corrected chi connectivity index (χ1v) is 11.3. The predicted molar refractivity (Wildman–Crippen MR) is 122 cm³/mol. The van der Waals surface area contributed by atoms with Gasteiger partial charge in [0.1, 0.15) is 12.4 Å². The quantitative estimate of drug-likeness (QED) is 0.631. The molecule has 0 saturated carbocycles. The highest BCUT2D eigenvalue weighted by atomic mass is 16.6. The molecular formula is C26H35NO4. The van der Waals surface area contributed by atoms with Gasteiger partial charge in [0.25, 0.3) is 0 Å². The van der Waals surface area contributed by atoms with Crippen molar-refractivity contribution in [1.29, 1.82) is 0 Å². The molecule has 2 atom stereocenters. The molecule has 0 aromatic heterocycles. The smallest absolute Gasteiger partial charge is 0.410 e. The number of ether oxygens (including phenoxy) is 2. The second-order valence-electron chi connectivity index (χ2n) is 8.41. The van der Waals surface area contributed by atoms with Gasteiger partial charge in [0.15, 0.2) is 0 Å². The zero-order valence-corrected chi connectivity index (χ0v) is 18.9. The average Bonchev–Trinajstić information content (AvgIpc) is 2.83. The zero-order valence-electron chi connectivity index (χ0n) is 18.9. The SMILES string of the molecule is CCC(O)(CC)[C@@H]1CCCN(C(=O)OCc2ccccc2)[C@@H]1Cc1ccc(OC)cc1. The van der Waals surface area contributed by atoms with Gasteiger partial charge >= 0.3 is 6.09 Å². The minimum absolute atomic E-state index is 0.00243. The molecule has 5 heteroatoms. The minimum atomic E-state index is -0.796. The molecule has 1 heterocycles. The maximum atomic E-state index is 13.1. The summed E-state index contributed by atoms with van der Waals surface area (Å²) in [7, 11) is 1.65. The fourth-order valence-electron chi connectivity index (χ4n) is 4.74. The van der Waals surface area contributed by atoms with E-state index in [1.54, 1.807) is 7.11 Å². The summed E-state index contributed by atoms with van der Waals surface area (Å²) in [4.78, 5) is 15.0. The van der Waals surface area contributed by atoms with Gasteiger partial charge in [0.05, 0.1) is 12.7 Å². The minimum Gasteiger partial charge on any atom is -0.497 e. The lowest BCUT2D eigenvalue weighted by atomic mass is 9.72. The van der Waals surface area contributed by atoms with E-state index in [9.17, 15) is 9.90 Å². The number of hydrogen-bond donors (Lipinski definition) is 1. The summed E-state index contributed by atoms with van der Waals surface area (Å²) in [5.74, 6) is 0.810. The van der Waals surface area contributed by atoms with E-state index in [1.165, 1.54) is 0 Å². The molecule has 1 saturated heterocycles. The number of aliphatic hydroxyl groups is 1. The Balaban J connectivity index is 1.82. The second kappa shape index (κ2) is 10.7. The monoisotopic (exact) mass is 425 g/mol. The lowest BCUT2D eigenvalue weighted by molar-refractivity contribution is -0.0773. The predicted octanol–water partition coefficient (Wildman–Crippen LogP) is 5.21. The van der Waals surface area contributed by atoms with Crippen LogP contribution in [0.5, 0.6) is 5.75 Å². The Bertz CT molecular complexity index is 817. The highest BCUT2D eigenvalue weighted by Crippen LogP contribution is 2.38. The topological polar surface area (TPSA) is 59.0 Å². The molecule has 0 bridgehead atoms. The summed E-state index contributed by atoms with van der Waals surface area (Å²) >= 11 is 0. The van der Waals surface area contributed by atoms with E-state index >= 15 is 0 Å². The number of rotatable bonds is 8. The van der Waals surface area contributed by atoms with Crippen LogP contribution in [0.1, 0.15) is 50.7 Å². The highest BCUT2D eigenvalue weighted by molar-refractivity contribution is 5.68. The van der Waals surface area contributed by atoms with Crippen molar-refractivity contribution in [3.05, 3.63) is 65.7 Å². The molecule has 1 fully saturated rings. The van der Waals surface area contributed by atoms with E-state index in [4.69, 9.17) is 9.47 Å². The first-order valence-electron chi connectivity index (χ1n) is 11.3. The Hall–Kier alpha value is -2.53. The van der Waals surface area contributed by atoms with E-state index < -0.39 is 5.60 Å². The third-order valence-corrected chi connectivity index (χ3v) is 6.74. The number of methoxy groups -OCH3 is 1. The molecule has 3 rings (SSSR count). The molecule has 1 aliphatic heterocycles. The van der Waals surface area contributed by atoms with Crippen LogP contribution >= 0.6 is 0 Å². The molecule has 0 radical (unpaired) electrons. The van der Waals surface area contributed by atoms with Crippen LogP contribution in [0.15, 0.2) is 54.6 Å². The fraction of sp³-hybridized carbons (Fsp3) is 0.500. The van der Waals surface area contributed by atoms with Crippen molar-refractivity contribution in [3.63, 3.8) is 0 Å². The van der Waals surface area contributed by atoms with Gasteiger partial charge in [0.2, 0.25) is 0 Å². The number of amides is 1. The molecule has 2 aromatic rings. The zero-order chi connectivity index (χ0) is 22.3. The summed E-state index contributed by atoms with van der Waals surface area (Å²) in [5, 5.41) is 11.4. The molecule has 168 valence electrons. The Labute approximate surface area is 186 Å². The lowest BCUT2D eigenvalue weighted by Crippen LogP contribution is -2.56. The van der Waals surface area contributed by atoms with E-state index in [-0.39, 0.29) is 24.7 Å². The van der Waals surface area contributed by atoms with Crippen LogP contribution in [0, 0.1) is 5.92 Å². The molecule has 0 spiro atoms. The summed E-state index contributed by atoms with van der Waals surface area (Å²) in [5.41, 5.74) is 1.29. The van der Waals surface area contributed by atoms with Crippen LogP contribution < -0.4 is 4.74 Å². The van der Waals surface area contributed by atoms with Crippen LogP contribution in [-0.2, 0) is 17.8 Å². The summed E-state index contributed by atoms with van der Waals surface area (Å²) in [6, 6.07) is 17.6. The van der Waals surface area contributed by atoms with Gasteiger partial charge in [-0.1, -0.05) is 56.3 Å². The Morgan fingerprint density at radius 3 is 2.35 bits per heavy atom. The van der Waals surface area contributed by atoms with Gasteiger partial charge in [-0.15, -0.1) is 0 Å². The molecule has 31 heavy (non-hydrogen) atoms. The first kappa shape index (κ1) is 23.1. The molecule has 0 aliphatic carbocycles. The van der Waals surface area contributed by atoms with Crippen molar-refractivity contribution in [2.45, 2.75) is 64.2 Å². The Morgan fingerprint density at radius 1 is 1.06 bits per heavy atom. The molecule has 1 aliphatic rings. The fourth-order valence-corrected chi connectivity index (χ4v) is 4.74. The third-order valence-electron chi connectivity index (χ3n) is 6.74. The molecule has 5 nitrogen and oxygen atoms in total. The van der Waals surface area contributed by atoms with E-state index in [2.05, 4.69) is 0 Å². The number of carbonyl (C=O) groups excluding carboxylic acids is 1. The summed E-state index contributed by atoms with van der Waals surface area (Å²) in [6.45, 7) is 4.96. The molecule has 2 aromatic carbocycles. The maximum Gasteiger partial charge on any atom is 0.410 e. The number of carbonyl (C=O) groups is 1. The van der Waals surface area contributed by atoms with Gasteiger partial charge in [-0.25, -0.2) is 4.79 Å². The highest BCUT2D eigenvalue weighted by Gasteiger charge is 2.44. The first-order chi connectivity index (χ1) is 15.0. The van der Waals surface area contributed by atoms with Crippen LogP contribution in [0.3, 0.4) is 0 Å². The average molecular weight is 426 g/mol. The number of nitrogens with zero attached hydrogens (tertiary/aromatic N) is 1. The van der Waals surface area contributed by atoms with Crippen molar-refractivity contribution in [2.75, 3.05) is 13.7 Å². The lowest BCUT2D eigenvalue weighted by Gasteiger charge is -2.47. The van der Waals surface area contributed by atoms with Gasteiger partial charge < -0.3 is 19.5 Å². The van der Waals surface area contributed by atoms with Gasteiger partial charge in [-0.05, 0) is 55.4 Å². The van der Waals surface area contributed by atoms with Crippen LogP contribution in [0.4, 0.5) is 4.79 Å². The van der Waals surface area contributed by atoms with Crippen LogP contribution in [0.2, 0.25) is 0 Å². The molecule has 1 N–H and O–H groups in total. The number of likely N-dealkylation sites (tertiary alicyclic amines) is 1. The standard InChI is InChI=1S/C26H35NO4/c1-4-26(29,5-2)23-12-9-17-27(25(28)31-19-21-10-7-6-8-11-21)24(23)18-20-13-15-22(30-3)16-14-20/h6-8,10-11,13-16,23-24,29H,4-5,9,12,17-19H2,1-3H3/t23-,24-/m1/s1. The van der Waals surface area contributed by atoms with Crippen molar-refractivity contribution in [2.24, 2.45) is 5.92 Å². The molecule has 0 unspecified atom stereocenters. The largest absolute Gasteiger partial charge is 0.497 e. The molecule has 1 amide bonds. The van der Waals surface area contributed by atoms with Crippen molar-refractivity contribution in [3.8, 4) is 5.75 Å². The van der Waals surface area contributed by atoms with Crippen molar-refractivity contribution in [1.82, 2.24) is 4.90 Å². The van der Waals surface area contributed by atoms with Crippen molar-refractivity contribution >= 4 is 6.09 Å². The second-order valence-corrected chi connectivity index (χ2v) is 8.41. The van der Waals surface area contributed by atoms with Gasteiger partial charge in [-0.2, -0.15) is 0 Å². The third kappa shape index (κ3) is 5.59. The molecular weight excluding hydrogens is 390 g/mol. The van der Waals surface area contributed by atoms with Crippen LogP contribution in [0.25, 0.3) is 0 Å². The number of benzene rings is 2. The van der Waals surface area contributed by atoms with E-state index in [1.807, 2.05) is 73.3 Å². The Morgan fingerprint density at radius 2 is 1.74 bits per heavy atom. The van der Waals surface area contributed by atoms with Crippen molar-refractivity contribution < 1.29 is 19.4 Å². The maximum absolute atomic E-state index is 13.1. The number of hydrogen-bond acceptors (Lipinski definition) is 4. The number of piperidine rings is 1. The van der Waals surface area contributed by atoms with E-state index in [0.29, 0.717) is 25.8 Å². The van der Waals surface area contributed by atoms with Crippen LogP contribution in [-0.4, -0.2) is 41.4 Å². The summed E-state index contributed by atoms with van der Waals surface area (Å²) in [6.07, 6.45) is 3.48. The normalized spacial score (nSPS) is 19.2. The van der Waals surface area contributed by atoms with E-state index in [0.717, 1.165) is 29.7 Å². The van der Waals surface area contributed by atoms with Gasteiger partial charge in [0, 0.05) is 18.5 Å². The Kier molecular flexibility index (Phi) is 7.97. The summed E-state index contributed by atoms with van der Waals surface area (Å²) < 4.78 is 11.0. The van der Waals surface area contributed by atoms with Gasteiger partial charge in [-0.3, -0.25) is 0 Å².